The molecule has 1 N–H and O–H groups in total. The van der Waals surface area contributed by atoms with E-state index in [2.05, 4.69) is 10.3 Å². The molecule has 3 heteroatoms. The van der Waals surface area contributed by atoms with Gasteiger partial charge in [0.25, 0.3) is 0 Å². The maximum Gasteiger partial charge on any atom is 0.168 e. The van der Waals surface area contributed by atoms with Crippen molar-refractivity contribution < 1.29 is 4.79 Å². The minimum atomic E-state index is 0.337. The van der Waals surface area contributed by atoms with E-state index in [1.165, 1.54) is 12.8 Å². The van der Waals surface area contributed by atoms with Crippen LogP contribution in [0.3, 0.4) is 0 Å². The zero-order chi connectivity index (χ0) is 9.80. The van der Waals surface area contributed by atoms with Crippen molar-refractivity contribution in [1.82, 2.24) is 10.3 Å². The normalized spacial score (nSPS) is 21.9. The first-order valence-electron chi connectivity index (χ1n) is 5.05. The summed E-state index contributed by atoms with van der Waals surface area (Å²) in [5.74, 6) is 0. The van der Waals surface area contributed by atoms with Gasteiger partial charge in [-0.25, -0.2) is 4.98 Å². The highest BCUT2D eigenvalue weighted by molar-refractivity contribution is 5.71. The first-order valence-corrected chi connectivity index (χ1v) is 5.05. The lowest BCUT2D eigenvalue weighted by molar-refractivity contribution is 0.111. The highest BCUT2D eigenvalue weighted by Gasteiger charge is 2.15. The number of nitrogens with one attached hydrogen (secondary N) is 1. The van der Waals surface area contributed by atoms with Gasteiger partial charge in [-0.2, -0.15) is 0 Å². The van der Waals surface area contributed by atoms with Crippen LogP contribution in [0.5, 0.6) is 0 Å². The quantitative estimate of drug-likeness (QED) is 0.722. The molecule has 74 valence electrons. The maximum atomic E-state index is 10.6. The van der Waals surface area contributed by atoms with Gasteiger partial charge in [0.1, 0.15) is 5.69 Å². The van der Waals surface area contributed by atoms with E-state index in [0.717, 1.165) is 24.9 Å². The van der Waals surface area contributed by atoms with Crippen molar-refractivity contribution in [2.24, 2.45) is 0 Å². The van der Waals surface area contributed by atoms with Crippen LogP contribution in [0.1, 0.15) is 41.5 Å². The van der Waals surface area contributed by atoms with E-state index in [1.54, 1.807) is 6.07 Å². The molecular formula is C11H14N2O. The molecule has 0 spiro atoms. The fraction of sp³-hybridized carbons (Fsp3) is 0.455. The van der Waals surface area contributed by atoms with E-state index >= 15 is 0 Å². The third-order valence-corrected chi connectivity index (χ3v) is 2.58. The molecule has 1 atom stereocenters. The van der Waals surface area contributed by atoms with Gasteiger partial charge in [-0.15, -0.1) is 0 Å². The van der Waals surface area contributed by atoms with Crippen LogP contribution in [0.4, 0.5) is 0 Å². The molecule has 0 aliphatic carbocycles. The summed E-state index contributed by atoms with van der Waals surface area (Å²) in [5, 5.41) is 3.41. The standard InChI is InChI=1S/C11H14N2O/c14-8-9-4-3-6-11(13-9)10-5-1-2-7-12-10/h3-4,6,8,10,12H,1-2,5,7H2/t10-/m1/s1. The molecule has 1 aromatic rings. The Bertz CT molecular complexity index is 319. The number of hydrogen-bond donors (Lipinski definition) is 1. The first-order chi connectivity index (χ1) is 6.90. The molecule has 2 rings (SSSR count). The summed E-state index contributed by atoms with van der Waals surface area (Å²) in [7, 11) is 0. The highest BCUT2D eigenvalue weighted by Crippen LogP contribution is 2.20. The van der Waals surface area contributed by atoms with Gasteiger partial charge in [0.15, 0.2) is 6.29 Å². The van der Waals surface area contributed by atoms with Crippen molar-refractivity contribution in [3.63, 3.8) is 0 Å². The first kappa shape index (κ1) is 9.34. The van der Waals surface area contributed by atoms with Crippen molar-refractivity contribution in [3.8, 4) is 0 Å². The Morgan fingerprint density at radius 2 is 2.36 bits per heavy atom. The van der Waals surface area contributed by atoms with Crippen molar-refractivity contribution in [1.29, 1.82) is 0 Å². The summed E-state index contributed by atoms with van der Waals surface area (Å²) in [6.07, 6.45) is 4.40. The van der Waals surface area contributed by atoms with Crippen molar-refractivity contribution >= 4 is 6.29 Å². The van der Waals surface area contributed by atoms with Crippen LogP contribution in [0.25, 0.3) is 0 Å². The second-order valence-corrected chi connectivity index (χ2v) is 3.61. The third kappa shape index (κ3) is 1.99. The van der Waals surface area contributed by atoms with Crippen molar-refractivity contribution in [2.45, 2.75) is 25.3 Å². The van der Waals surface area contributed by atoms with Gasteiger partial charge in [0.2, 0.25) is 0 Å². The number of carbonyl (C=O) groups is 1. The average Bonchev–Trinajstić information content (AvgIpc) is 2.30. The topological polar surface area (TPSA) is 42.0 Å². The summed E-state index contributed by atoms with van der Waals surface area (Å²) in [4.78, 5) is 14.8. The van der Waals surface area contributed by atoms with Crippen LogP contribution in [0.15, 0.2) is 18.2 Å². The SMILES string of the molecule is O=Cc1cccc([C@H]2CCCCN2)n1. The zero-order valence-electron chi connectivity index (χ0n) is 8.07. The molecule has 1 fully saturated rings. The van der Waals surface area contributed by atoms with Gasteiger partial charge in [-0.1, -0.05) is 12.5 Å². The average molecular weight is 190 g/mol. The van der Waals surface area contributed by atoms with E-state index in [4.69, 9.17) is 0 Å². The number of aldehydes is 1. The number of carbonyl (C=O) groups excluding carboxylic acids is 1. The predicted octanol–water partition coefficient (Wildman–Crippen LogP) is 1.71. The van der Waals surface area contributed by atoms with E-state index in [1.807, 2.05) is 12.1 Å². The number of piperidine rings is 1. The molecule has 1 aliphatic rings. The molecule has 0 amide bonds. The van der Waals surface area contributed by atoms with Crippen LogP contribution in [0, 0.1) is 0 Å². The van der Waals surface area contributed by atoms with E-state index in [9.17, 15) is 4.79 Å². The third-order valence-electron chi connectivity index (χ3n) is 2.58. The fourth-order valence-corrected chi connectivity index (χ4v) is 1.83. The lowest BCUT2D eigenvalue weighted by atomic mass is 10.0. The van der Waals surface area contributed by atoms with Gasteiger partial charge < -0.3 is 5.32 Å². The second kappa shape index (κ2) is 4.33. The molecule has 0 aromatic carbocycles. The van der Waals surface area contributed by atoms with E-state index < -0.39 is 0 Å². The van der Waals surface area contributed by atoms with Crippen LogP contribution in [0.2, 0.25) is 0 Å². The Kier molecular flexibility index (Phi) is 2.89. The molecule has 1 saturated heterocycles. The molecule has 14 heavy (non-hydrogen) atoms. The summed E-state index contributed by atoms with van der Waals surface area (Å²) in [6, 6.07) is 5.95. The van der Waals surface area contributed by atoms with Gasteiger partial charge in [-0.05, 0) is 31.5 Å². The van der Waals surface area contributed by atoms with Crippen LogP contribution >= 0.6 is 0 Å². The fourth-order valence-electron chi connectivity index (χ4n) is 1.83. The van der Waals surface area contributed by atoms with Gasteiger partial charge in [0, 0.05) is 6.04 Å². The molecule has 1 aliphatic heterocycles. The summed E-state index contributed by atoms with van der Waals surface area (Å²) >= 11 is 0. The monoisotopic (exact) mass is 190 g/mol. The Morgan fingerprint density at radius 1 is 1.43 bits per heavy atom. The van der Waals surface area contributed by atoms with Crippen LogP contribution in [-0.4, -0.2) is 17.8 Å². The minimum absolute atomic E-state index is 0.337. The van der Waals surface area contributed by atoms with Gasteiger partial charge >= 0.3 is 0 Å². The summed E-state index contributed by atoms with van der Waals surface area (Å²) < 4.78 is 0. The molecule has 2 heterocycles. The van der Waals surface area contributed by atoms with Crippen LogP contribution in [-0.2, 0) is 0 Å². The number of pyridine rings is 1. The number of aromatic nitrogens is 1. The molecule has 0 unspecified atom stereocenters. The number of hydrogen-bond acceptors (Lipinski definition) is 3. The smallest absolute Gasteiger partial charge is 0.168 e. The highest BCUT2D eigenvalue weighted by atomic mass is 16.1. The Hall–Kier alpha value is -1.22. The maximum absolute atomic E-state index is 10.6. The van der Waals surface area contributed by atoms with Crippen molar-refractivity contribution in [2.75, 3.05) is 6.54 Å². The predicted molar refractivity (Wildman–Crippen MR) is 54.2 cm³/mol. The van der Waals surface area contributed by atoms with Crippen LogP contribution < -0.4 is 5.32 Å². The summed E-state index contributed by atoms with van der Waals surface area (Å²) in [6.45, 7) is 1.05. The number of rotatable bonds is 2. The zero-order valence-corrected chi connectivity index (χ0v) is 8.07. The second-order valence-electron chi connectivity index (χ2n) is 3.61. The van der Waals surface area contributed by atoms with Gasteiger partial charge in [-0.3, -0.25) is 4.79 Å². The number of nitrogens with zero attached hydrogens (tertiary/aromatic N) is 1. The molecule has 0 saturated carbocycles. The molecule has 0 radical (unpaired) electrons. The molecule has 0 bridgehead atoms. The Morgan fingerprint density at radius 3 is 3.07 bits per heavy atom. The van der Waals surface area contributed by atoms with E-state index in [0.29, 0.717) is 11.7 Å². The minimum Gasteiger partial charge on any atom is -0.309 e. The molecule has 1 aromatic heterocycles. The van der Waals surface area contributed by atoms with E-state index in [-0.39, 0.29) is 0 Å². The summed E-state index contributed by atoms with van der Waals surface area (Å²) in [5.41, 5.74) is 1.52. The molecular weight excluding hydrogens is 176 g/mol. The van der Waals surface area contributed by atoms with Crippen molar-refractivity contribution in [3.05, 3.63) is 29.6 Å². The Labute approximate surface area is 83.5 Å². The lowest BCUT2D eigenvalue weighted by Crippen LogP contribution is -2.27. The largest absolute Gasteiger partial charge is 0.309 e. The molecule has 3 nitrogen and oxygen atoms in total. The van der Waals surface area contributed by atoms with Gasteiger partial charge in [0.05, 0.1) is 5.69 Å². The lowest BCUT2D eigenvalue weighted by Gasteiger charge is -2.22. The Balaban J connectivity index is 2.17.